The Labute approximate surface area is 144 Å². The Morgan fingerprint density at radius 1 is 1.42 bits per heavy atom. The van der Waals surface area contributed by atoms with E-state index >= 15 is 0 Å². The number of aromatic nitrogens is 1. The topological polar surface area (TPSA) is 65.5 Å². The highest BCUT2D eigenvalue weighted by molar-refractivity contribution is 5.92. The van der Waals surface area contributed by atoms with Crippen molar-refractivity contribution in [3.05, 3.63) is 30.1 Å². The molecule has 1 aromatic heterocycles. The molecule has 0 bridgehead atoms. The summed E-state index contributed by atoms with van der Waals surface area (Å²) in [5.41, 5.74) is 0.468. The van der Waals surface area contributed by atoms with E-state index < -0.39 is 5.54 Å². The molecule has 0 aromatic carbocycles. The Hall–Kier alpha value is -1.95. The molecule has 6 heteroatoms. The predicted molar refractivity (Wildman–Crippen MR) is 93.5 cm³/mol. The summed E-state index contributed by atoms with van der Waals surface area (Å²) in [6.45, 7) is 0.929. The number of hydrogen-bond acceptors (Lipinski definition) is 4. The van der Waals surface area contributed by atoms with Crippen molar-refractivity contribution in [2.45, 2.75) is 37.6 Å². The average Bonchev–Trinajstić information content (AvgIpc) is 3.00. The summed E-state index contributed by atoms with van der Waals surface area (Å²) in [6, 6.07) is 3.97. The fraction of sp³-hybridized carbons (Fsp3) is 0.611. The van der Waals surface area contributed by atoms with Crippen molar-refractivity contribution in [2.75, 3.05) is 34.2 Å². The quantitative estimate of drug-likeness (QED) is 0.811. The molecule has 0 unspecified atom stereocenters. The zero-order valence-corrected chi connectivity index (χ0v) is 14.9. The van der Waals surface area contributed by atoms with Crippen molar-refractivity contribution in [2.24, 2.45) is 0 Å². The highest BCUT2D eigenvalue weighted by Gasteiger charge is 2.49. The lowest BCUT2D eigenvalue weighted by atomic mass is 9.87. The third-order valence-electron chi connectivity index (χ3n) is 4.70. The minimum Gasteiger partial charge on any atom is -0.347 e. The number of carbonyl (C=O) groups is 2. The van der Waals surface area contributed by atoms with Crippen LogP contribution in [0, 0.1) is 0 Å². The number of nitrogens with one attached hydrogen (secondary N) is 1. The van der Waals surface area contributed by atoms with E-state index in [1.165, 1.54) is 0 Å². The Kier molecular flexibility index (Phi) is 6.31. The number of hydrogen-bond donors (Lipinski definition) is 1. The molecule has 1 aromatic rings. The number of likely N-dealkylation sites (N-methyl/N-ethyl adjacent to an activating group) is 2. The van der Waals surface area contributed by atoms with E-state index in [1.54, 1.807) is 37.1 Å². The van der Waals surface area contributed by atoms with Gasteiger partial charge in [0.2, 0.25) is 11.8 Å². The first-order chi connectivity index (χ1) is 11.5. The second kappa shape index (κ2) is 8.24. The van der Waals surface area contributed by atoms with Gasteiger partial charge in [-0.05, 0) is 50.8 Å². The number of carbonyl (C=O) groups excluding carboxylic acids is 2. The van der Waals surface area contributed by atoms with Crippen molar-refractivity contribution in [3.63, 3.8) is 0 Å². The third-order valence-corrected chi connectivity index (χ3v) is 4.70. The minimum absolute atomic E-state index is 0.00609. The van der Waals surface area contributed by atoms with E-state index in [2.05, 4.69) is 10.3 Å². The van der Waals surface area contributed by atoms with Crippen molar-refractivity contribution >= 4 is 11.8 Å². The molecule has 132 valence electrons. The van der Waals surface area contributed by atoms with E-state index in [0.29, 0.717) is 13.0 Å². The number of amides is 2. The zero-order valence-electron chi connectivity index (χ0n) is 14.9. The summed E-state index contributed by atoms with van der Waals surface area (Å²) in [6.07, 6.45) is 7.65. The molecule has 0 saturated carbocycles. The van der Waals surface area contributed by atoms with Crippen LogP contribution in [0.2, 0.25) is 0 Å². The summed E-state index contributed by atoms with van der Waals surface area (Å²) >= 11 is 0. The van der Waals surface area contributed by atoms with Gasteiger partial charge in [0.25, 0.3) is 0 Å². The van der Waals surface area contributed by atoms with Gasteiger partial charge in [0.05, 0.1) is 6.54 Å². The lowest BCUT2D eigenvalue weighted by Crippen LogP contribution is -2.58. The van der Waals surface area contributed by atoms with E-state index in [1.807, 2.05) is 18.3 Å². The molecule has 6 nitrogen and oxygen atoms in total. The van der Waals surface area contributed by atoms with Gasteiger partial charge in [-0.25, -0.2) is 0 Å². The summed E-state index contributed by atoms with van der Waals surface area (Å²) in [5, 5.41) is 2.91. The molecule has 1 atom stereocenters. The highest BCUT2D eigenvalue weighted by Crippen LogP contribution is 2.35. The van der Waals surface area contributed by atoms with Crippen LogP contribution >= 0.6 is 0 Å². The van der Waals surface area contributed by atoms with Crippen molar-refractivity contribution in [1.82, 2.24) is 20.1 Å². The molecule has 1 saturated heterocycles. The number of rotatable bonds is 7. The molecule has 0 spiro atoms. The highest BCUT2D eigenvalue weighted by atomic mass is 16.2. The second-order valence-electron chi connectivity index (χ2n) is 6.63. The van der Waals surface area contributed by atoms with Crippen LogP contribution in [0.5, 0.6) is 0 Å². The molecular weight excluding hydrogens is 304 g/mol. The molecule has 24 heavy (non-hydrogen) atoms. The zero-order chi connectivity index (χ0) is 17.6. The van der Waals surface area contributed by atoms with Crippen molar-refractivity contribution < 1.29 is 9.59 Å². The summed E-state index contributed by atoms with van der Waals surface area (Å²) in [4.78, 5) is 33.0. The Bertz CT molecular complexity index is 561. The van der Waals surface area contributed by atoms with Gasteiger partial charge in [-0.3, -0.25) is 14.6 Å². The van der Waals surface area contributed by atoms with Gasteiger partial charge in [0.15, 0.2) is 0 Å². The van der Waals surface area contributed by atoms with E-state index in [0.717, 1.165) is 31.2 Å². The van der Waals surface area contributed by atoms with E-state index in [4.69, 9.17) is 0 Å². The van der Waals surface area contributed by atoms with Gasteiger partial charge in [-0.1, -0.05) is 6.07 Å². The van der Waals surface area contributed by atoms with Gasteiger partial charge in [0, 0.05) is 33.0 Å². The largest absolute Gasteiger partial charge is 0.347 e. The number of pyridine rings is 1. The number of aryl methyl sites for hydroxylation is 1. The van der Waals surface area contributed by atoms with E-state index in [-0.39, 0.29) is 18.4 Å². The maximum absolute atomic E-state index is 12.9. The number of nitrogens with zero attached hydrogens (tertiary/aromatic N) is 3. The van der Waals surface area contributed by atoms with Crippen LogP contribution in [0.1, 0.15) is 31.2 Å². The Morgan fingerprint density at radius 2 is 2.21 bits per heavy atom. The second-order valence-corrected chi connectivity index (χ2v) is 6.63. The van der Waals surface area contributed by atoms with Crippen molar-refractivity contribution in [1.29, 1.82) is 0 Å². The summed E-state index contributed by atoms with van der Waals surface area (Å²) in [5.74, 6) is 0.0437. The molecule has 1 aliphatic rings. The molecule has 0 radical (unpaired) electrons. The number of likely N-dealkylation sites (tertiary alicyclic amines) is 1. The maximum atomic E-state index is 12.9. The van der Waals surface area contributed by atoms with Crippen LogP contribution < -0.4 is 5.32 Å². The molecule has 2 amide bonds. The SMILES string of the molecule is CNCC(=O)N1CCC[C@]1(CCCc1cccnc1)C(=O)N(C)C. The first-order valence-corrected chi connectivity index (χ1v) is 8.57. The van der Waals surface area contributed by atoms with Gasteiger partial charge in [-0.2, -0.15) is 0 Å². The van der Waals surface area contributed by atoms with Gasteiger partial charge in [0.1, 0.15) is 5.54 Å². The van der Waals surface area contributed by atoms with Gasteiger partial charge >= 0.3 is 0 Å². The fourth-order valence-corrected chi connectivity index (χ4v) is 3.63. The molecular formula is C18H28N4O2. The average molecular weight is 332 g/mol. The predicted octanol–water partition coefficient (Wildman–Crippen LogP) is 1.07. The molecule has 1 aliphatic heterocycles. The smallest absolute Gasteiger partial charge is 0.248 e. The summed E-state index contributed by atoms with van der Waals surface area (Å²) < 4.78 is 0. The van der Waals surface area contributed by atoms with Crippen molar-refractivity contribution in [3.8, 4) is 0 Å². The van der Waals surface area contributed by atoms with Crippen LogP contribution in [-0.2, 0) is 16.0 Å². The normalized spacial score (nSPS) is 20.2. The lowest BCUT2D eigenvalue weighted by Gasteiger charge is -2.39. The Morgan fingerprint density at radius 3 is 2.83 bits per heavy atom. The molecule has 2 heterocycles. The van der Waals surface area contributed by atoms with Crippen LogP contribution in [-0.4, -0.2) is 66.4 Å². The Balaban J connectivity index is 2.14. The van der Waals surface area contributed by atoms with E-state index in [9.17, 15) is 9.59 Å². The minimum atomic E-state index is -0.695. The van der Waals surface area contributed by atoms with Gasteiger partial charge < -0.3 is 15.1 Å². The summed E-state index contributed by atoms with van der Waals surface area (Å²) in [7, 11) is 5.29. The first-order valence-electron chi connectivity index (χ1n) is 8.57. The lowest BCUT2D eigenvalue weighted by molar-refractivity contribution is -0.150. The van der Waals surface area contributed by atoms with Crippen LogP contribution in [0.4, 0.5) is 0 Å². The molecule has 0 aliphatic carbocycles. The molecule has 1 N–H and O–H groups in total. The van der Waals surface area contributed by atoms with Gasteiger partial charge in [-0.15, -0.1) is 0 Å². The maximum Gasteiger partial charge on any atom is 0.248 e. The standard InChI is InChI=1S/C18H28N4O2/c1-19-14-16(23)22-12-6-10-18(22,17(24)21(2)3)9-4-7-15-8-5-11-20-13-15/h5,8,11,13,19H,4,6-7,9-10,12,14H2,1-3H3/t18-/m1/s1. The fourth-order valence-electron chi connectivity index (χ4n) is 3.63. The van der Waals surface area contributed by atoms with Crippen LogP contribution in [0.3, 0.4) is 0 Å². The monoisotopic (exact) mass is 332 g/mol. The third kappa shape index (κ3) is 3.93. The molecule has 1 fully saturated rings. The first kappa shape index (κ1) is 18.4. The van der Waals surface area contributed by atoms with Crippen LogP contribution in [0.15, 0.2) is 24.5 Å². The van der Waals surface area contributed by atoms with Crippen LogP contribution in [0.25, 0.3) is 0 Å². The molecule has 2 rings (SSSR count).